The minimum absolute atomic E-state index is 0.0431. The predicted molar refractivity (Wildman–Crippen MR) is 78.9 cm³/mol. The van der Waals surface area contributed by atoms with Crippen molar-refractivity contribution in [1.82, 2.24) is 0 Å². The summed E-state index contributed by atoms with van der Waals surface area (Å²) in [5.74, 6) is -0.0431. The summed E-state index contributed by atoms with van der Waals surface area (Å²) in [6.07, 6.45) is 3.80. The fourth-order valence-corrected chi connectivity index (χ4v) is 2.31. The first-order chi connectivity index (χ1) is 9.04. The van der Waals surface area contributed by atoms with E-state index in [0.717, 1.165) is 15.7 Å². The highest BCUT2D eigenvalue weighted by atomic mass is 79.9. The third-order valence-electron chi connectivity index (χ3n) is 2.78. The van der Waals surface area contributed by atoms with Gasteiger partial charge >= 0.3 is 0 Å². The number of benzene rings is 1. The molecule has 0 saturated heterocycles. The molecule has 0 aliphatic heterocycles. The Labute approximate surface area is 121 Å². The second-order valence-electron chi connectivity index (χ2n) is 4.58. The molecule has 1 heterocycles. The van der Waals surface area contributed by atoms with Gasteiger partial charge in [0.1, 0.15) is 0 Å². The van der Waals surface area contributed by atoms with E-state index in [4.69, 9.17) is 0 Å². The van der Waals surface area contributed by atoms with E-state index in [1.807, 2.05) is 61.1 Å². The van der Waals surface area contributed by atoms with Gasteiger partial charge in [0.15, 0.2) is 12.4 Å². The van der Waals surface area contributed by atoms with Gasteiger partial charge in [0.05, 0.1) is 5.69 Å². The summed E-state index contributed by atoms with van der Waals surface area (Å²) in [4.78, 5) is 12.0. The zero-order valence-electron chi connectivity index (χ0n) is 11.0. The Morgan fingerprint density at radius 3 is 2.47 bits per heavy atom. The molecule has 0 saturated carbocycles. The van der Waals surface area contributed by atoms with E-state index in [2.05, 4.69) is 21.2 Å². The topological polar surface area (TPSA) is 33.0 Å². The molecule has 0 atom stereocenters. The van der Waals surface area contributed by atoms with Crippen LogP contribution in [0, 0.1) is 13.8 Å². The number of nitrogens with one attached hydrogen (secondary N) is 1. The fraction of sp³-hybridized carbons (Fsp3) is 0.200. The maximum absolute atomic E-state index is 12.0. The van der Waals surface area contributed by atoms with Crippen LogP contribution in [-0.4, -0.2) is 5.91 Å². The summed E-state index contributed by atoms with van der Waals surface area (Å²) < 4.78 is 2.75. The quantitative estimate of drug-likeness (QED) is 0.867. The van der Waals surface area contributed by atoms with Crippen LogP contribution in [0.4, 0.5) is 5.69 Å². The first-order valence-electron chi connectivity index (χ1n) is 6.06. The van der Waals surface area contributed by atoms with Gasteiger partial charge in [0.2, 0.25) is 6.54 Å². The van der Waals surface area contributed by atoms with Crippen LogP contribution in [0.3, 0.4) is 0 Å². The highest BCUT2D eigenvalue weighted by Gasteiger charge is 2.10. The van der Waals surface area contributed by atoms with E-state index in [0.29, 0.717) is 6.54 Å². The van der Waals surface area contributed by atoms with Crippen LogP contribution in [0.15, 0.2) is 47.2 Å². The Balaban J connectivity index is 2.03. The number of aryl methyl sites for hydroxylation is 2. The lowest BCUT2D eigenvalue weighted by atomic mass is 10.2. The maximum atomic E-state index is 12.0. The van der Waals surface area contributed by atoms with Crippen molar-refractivity contribution in [3.63, 3.8) is 0 Å². The number of aromatic nitrogens is 1. The Morgan fingerprint density at radius 2 is 1.84 bits per heavy atom. The van der Waals surface area contributed by atoms with E-state index in [9.17, 15) is 4.79 Å². The number of carbonyl (C=O) groups excluding carboxylic acids is 1. The van der Waals surface area contributed by atoms with Gasteiger partial charge in [-0.3, -0.25) is 4.79 Å². The second-order valence-corrected chi connectivity index (χ2v) is 5.43. The van der Waals surface area contributed by atoms with Crippen molar-refractivity contribution < 1.29 is 9.36 Å². The van der Waals surface area contributed by atoms with Crippen LogP contribution in [0.25, 0.3) is 0 Å². The summed E-state index contributed by atoms with van der Waals surface area (Å²) in [6.45, 7) is 4.34. The molecule has 1 amide bonds. The van der Waals surface area contributed by atoms with Crippen molar-refractivity contribution in [3.05, 3.63) is 58.3 Å². The standard InChI is InChI=1S/C15H15BrN2O/c1-11-5-7-18(8-6-11)10-15(19)17-14-4-3-12(2)9-13(14)16/h3-9H,10H2,1-2H3/p+1. The number of anilines is 1. The first-order valence-corrected chi connectivity index (χ1v) is 6.85. The normalized spacial score (nSPS) is 10.3. The highest BCUT2D eigenvalue weighted by Crippen LogP contribution is 2.23. The van der Waals surface area contributed by atoms with Gasteiger partial charge in [-0.15, -0.1) is 0 Å². The largest absolute Gasteiger partial charge is 0.320 e. The number of carbonyl (C=O) groups is 1. The number of nitrogens with zero attached hydrogens (tertiary/aromatic N) is 1. The lowest BCUT2D eigenvalue weighted by Gasteiger charge is -2.06. The molecule has 1 aromatic carbocycles. The monoisotopic (exact) mass is 319 g/mol. The summed E-state index contributed by atoms with van der Waals surface area (Å²) in [5, 5.41) is 2.89. The van der Waals surface area contributed by atoms with Gasteiger partial charge in [0, 0.05) is 16.6 Å². The van der Waals surface area contributed by atoms with Crippen LogP contribution in [0.5, 0.6) is 0 Å². The van der Waals surface area contributed by atoms with E-state index in [1.54, 1.807) is 0 Å². The molecule has 0 aliphatic rings. The van der Waals surface area contributed by atoms with Crippen LogP contribution in [0.1, 0.15) is 11.1 Å². The Bertz CT molecular complexity index is 594. The van der Waals surface area contributed by atoms with Crippen molar-refractivity contribution in [2.75, 3.05) is 5.32 Å². The van der Waals surface area contributed by atoms with Gasteiger partial charge in [0.25, 0.3) is 5.91 Å². The van der Waals surface area contributed by atoms with Crippen molar-refractivity contribution >= 4 is 27.5 Å². The van der Waals surface area contributed by atoms with E-state index < -0.39 is 0 Å². The smallest absolute Gasteiger partial charge is 0.290 e. The molecule has 1 aromatic heterocycles. The van der Waals surface area contributed by atoms with Crippen molar-refractivity contribution in [3.8, 4) is 0 Å². The Hall–Kier alpha value is -1.68. The van der Waals surface area contributed by atoms with Crippen LogP contribution in [0.2, 0.25) is 0 Å². The minimum Gasteiger partial charge on any atom is -0.320 e. The molecule has 0 spiro atoms. The van der Waals surface area contributed by atoms with Crippen LogP contribution >= 0.6 is 15.9 Å². The van der Waals surface area contributed by atoms with Crippen LogP contribution < -0.4 is 9.88 Å². The van der Waals surface area contributed by atoms with Crippen molar-refractivity contribution in [2.45, 2.75) is 20.4 Å². The zero-order valence-corrected chi connectivity index (χ0v) is 12.6. The summed E-state index contributed by atoms with van der Waals surface area (Å²) in [6, 6.07) is 9.81. The van der Waals surface area contributed by atoms with Gasteiger partial charge < -0.3 is 5.32 Å². The molecule has 2 aromatic rings. The molecular formula is C15H16BrN2O+. The van der Waals surface area contributed by atoms with Gasteiger partial charge in [-0.1, -0.05) is 6.07 Å². The molecule has 1 N–H and O–H groups in total. The average molecular weight is 320 g/mol. The minimum atomic E-state index is -0.0431. The molecule has 2 rings (SSSR count). The van der Waals surface area contributed by atoms with E-state index in [1.165, 1.54) is 5.56 Å². The zero-order chi connectivity index (χ0) is 13.8. The number of pyridine rings is 1. The summed E-state index contributed by atoms with van der Waals surface area (Å²) >= 11 is 3.45. The fourth-order valence-electron chi connectivity index (χ4n) is 1.71. The third kappa shape index (κ3) is 3.89. The molecule has 4 heteroatoms. The molecule has 0 unspecified atom stereocenters. The van der Waals surface area contributed by atoms with Crippen molar-refractivity contribution in [1.29, 1.82) is 0 Å². The molecule has 98 valence electrons. The lowest BCUT2D eigenvalue weighted by molar-refractivity contribution is -0.684. The lowest BCUT2D eigenvalue weighted by Crippen LogP contribution is -2.39. The molecular weight excluding hydrogens is 304 g/mol. The molecule has 0 aliphatic carbocycles. The number of hydrogen-bond acceptors (Lipinski definition) is 1. The van der Waals surface area contributed by atoms with Gasteiger partial charge in [-0.25, -0.2) is 0 Å². The van der Waals surface area contributed by atoms with E-state index >= 15 is 0 Å². The first kappa shape index (κ1) is 13.7. The number of amides is 1. The number of hydrogen-bond donors (Lipinski definition) is 1. The van der Waals surface area contributed by atoms with Crippen LogP contribution in [-0.2, 0) is 11.3 Å². The SMILES string of the molecule is Cc1cc[n+](CC(=O)Nc2ccc(C)cc2Br)cc1. The molecule has 3 nitrogen and oxygen atoms in total. The number of halogens is 1. The van der Waals surface area contributed by atoms with Gasteiger partial charge in [-0.05, 0) is 53.0 Å². The summed E-state index contributed by atoms with van der Waals surface area (Å²) in [5.41, 5.74) is 3.12. The molecule has 0 fully saturated rings. The third-order valence-corrected chi connectivity index (χ3v) is 3.44. The average Bonchev–Trinajstić information content (AvgIpc) is 2.36. The summed E-state index contributed by atoms with van der Waals surface area (Å²) in [7, 11) is 0. The molecule has 0 radical (unpaired) electrons. The highest BCUT2D eigenvalue weighted by molar-refractivity contribution is 9.10. The molecule has 19 heavy (non-hydrogen) atoms. The maximum Gasteiger partial charge on any atom is 0.290 e. The Kier molecular flexibility index (Phi) is 4.32. The Morgan fingerprint density at radius 1 is 1.16 bits per heavy atom. The molecule has 0 bridgehead atoms. The van der Waals surface area contributed by atoms with E-state index in [-0.39, 0.29) is 5.91 Å². The van der Waals surface area contributed by atoms with Gasteiger partial charge in [-0.2, -0.15) is 4.57 Å². The second kappa shape index (κ2) is 5.97. The number of rotatable bonds is 3. The van der Waals surface area contributed by atoms with Crippen molar-refractivity contribution in [2.24, 2.45) is 0 Å². The predicted octanol–water partition coefficient (Wildman–Crippen LogP) is 2.99.